The fourth-order valence-electron chi connectivity index (χ4n) is 1.89. The average Bonchev–Trinajstić information content (AvgIpc) is 2.87. The Morgan fingerprint density at radius 3 is 2.70 bits per heavy atom. The van der Waals surface area contributed by atoms with Gasteiger partial charge in [-0.3, -0.25) is 4.79 Å². The minimum Gasteiger partial charge on any atom is -0.320 e. The molecule has 1 aromatic heterocycles. The number of carbonyl (C=O) groups excluding carboxylic acids is 1. The molecule has 0 bridgehead atoms. The third kappa shape index (κ3) is 3.88. The van der Waals surface area contributed by atoms with Crippen molar-refractivity contribution in [1.29, 1.82) is 0 Å². The number of aromatic nitrogens is 1. The van der Waals surface area contributed by atoms with Gasteiger partial charge in [-0.25, -0.2) is 4.98 Å². The van der Waals surface area contributed by atoms with E-state index in [1.165, 1.54) is 11.3 Å². The molecule has 0 fully saturated rings. The zero-order valence-electron chi connectivity index (χ0n) is 11.7. The summed E-state index contributed by atoms with van der Waals surface area (Å²) in [6.07, 6.45) is 0.669. The monoisotopic (exact) mass is 289 g/mol. The molecule has 4 nitrogen and oxygen atoms in total. The average molecular weight is 289 g/mol. The lowest BCUT2D eigenvalue weighted by Gasteiger charge is -2.12. The van der Waals surface area contributed by atoms with E-state index in [9.17, 15) is 4.79 Å². The van der Waals surface area contributed by atoms with Crippen molar-refractivity contribution in [3.63, 3.8) is 0 Å². The van der Waals surface area contributed by atoms with Gasteiger partial charge in [0.25, 0.3) is 0 Å². The van der Waals surface area contributed by atoms with Crippen molar-refractivity contribution in [1.82, 2.24) is 4.98 Å². The molecule has 0 aliphatic heterocycles. The Kier molecular flexibility index (Phi) is 4.87. The lowest BCUT2D eigenvalue weighted by molar-refractivity contribution is -0.117. The Morgan fingerprint density at radius 1 is 1.35 bits per heavy atom. The van der Waals surface area contributed by atoms with Crippen molar-refractivity contribution in [2.75, 3.05) is 5.32 Å². The van der Waals surface area contributed by atoms with Gasteiger partial charge >= 0.3 is 0 Å². The molecule has 20 heavy (non-hydrogen) atoms. The molecule has 0 aliphatic rings. The molecule has 1 atom stereocenters. The zero-order valence-corrected chi connectivity index (χ0v) is 12.5. The molecule has 0 unspecified atom stereocenters. The molecule has 2 rings (SSSR count). The van der Waals surface area contributed by atoms with E-state index >= 15 is 0 Å². The lowest BCUT2D eigenvalue weighted by Crippen LogP contribution is -2.36. The Labute approximate surface area is 123 Å². The van der Waals surface area contributed by atoms with E-state index in [0.717, 1.165) is 11.3 Å². The van der Waals surface area contributed by atoms with Crippen LogP contribution < -0.4 is 11.1 Å². The zero-order chi connectivity index (χ0) is 14.5. The second-order valence-electron chi connectivity index (χ2n) is 5.13. The van der Waals surface area contributed by atoms with E-state index in [1.54, 1.807) is 0 Å². The maximum absolute atomic E-state index is 11.9. The summed E-state index contributed by atoms with van der Waals surface area (Å²) in [5.74, 6) is 0.222. The first-order valence-electron chi connectivity index (χ1n) is 6.63. The van der Waals surface area contributed by atoms with Crippen LogP contribution >= 0.6 is 11.3 Å². The third-order valence-corrected chi connectivity index (χ3v) is 3.62. The van der Waals surface area contributed by atoms with E-state index in [4.69, 9.17) is 5.73 Å². The van der Waals surface area contributed by atoms with E-state index in [0.29, 0.717) is 17.5 Å². The molecule has 1 heterocycles. The highest BCUT2D eigenvalue weighted by Gasteiger charge is 2.16. The van der Waals surface area contributed by atoms with Crippen LogP contribution in [0.15, 0.2) is 35.7 Å². The predicted molar refractivity (Wildman–Crippen MR) is 83.6 cm³/mol. The maximum Gasteiger partial charge on any atom is 0.243 e. The van der Waals surface area contributed by atoms with Crippen molar-refractivity contribution in [3.05, 3.63) is 35.7 Å². The van der Waals surface area contributed by atoms with E-state index < -0.39 is 6.04 Å². The molecule has 5 heteroatoms. The maximum atomic E-state index is 11.9. The van der Waals surface area contributed by atoms with Crippen LogP contribution in [0.2, 0.25) is 0 Å². The van der Waals surface area contributed by atoms with E-state index in [2.05, 4.69) is 10.3 Å². The van der Waals surface area contributed by atoms with Gasteiger partial charge in [0.2, 0.25) is 5.91 Å². The van der Waals surface area contributed by atoms with Crippen molar-refractivity contribution < 1.29 is 4.79 Å². The summed E-state index contributed by atoms with van der Waals surface area (Å²) in [7, 11) is 0. The fourth-order valence-corrected chi connectivity index (χ4v) is 2.61. The van der Waals surface area contributed by atoms with Crippen molar-refractivity contribution in [2.45, 2.75) is 26.3 Å². The molecule has 0 saturated heterocycles. The van der Waals surface area contributed by atoms with Crippen molar-refractivity contribution in [2.24, 2.45) is 11.7 Å². The van der Waals surface area contributed by atoms with E-state index in [-0.39, 0.29) is 5.91 Å². The molecule has 106 valence electrons. The summed E-state index contributed by atoms with van der Waals surface area (Å²) in [6.45, 7) is 4.09. The Bertz CT molecular complexity index is 566. The Morgan fingerprint density at radius 2 is 2.05 bits per heavy atom. The number of nitrogens with one attached hydrogen (secondary N) is 1. The molecule has 0 saturated carbocycles. The summed E-state index contributed by atoms with van der Waals surface area (Å²) < 4.78 is 0. The highest BCUT2D eigenvalue weighted by Crippen LogP contribution is 2.24. The molecule has 0 radical (unpaired) electrons. The molecular weight excluding hydrogens is 270 g/mol. The number of hydrogen-bond donors (Lipinski definition) is 2. The van der Waals surface area contributed by atoms with Gasteiger partial charge in [0.05, 0.1) is 11.7 Å². The van der Waals surface area contributed by atoms with Crippen LogP contribution in [-0.2, 0) is 4.79 Å². The Balaban J connectivity index is 2.01. The first kappa shape index (κ1) is 14.7. The van der Waals surface area contributed by atoms with Gasteiger partial charge in [-0.15, -0.1) is 11.3 Å². The molecule has 0 aliphatic carbocycles. The number of anilines is 1. The number of rotatable bonds is 5. The highest BCUT2D eigenvalue weighted by molar-refractivity contribution is 7.14. The first-order chi connectivity index (χ1) is 9.56. The molecule has 0 spiro atoms. The third-order valence-electron chi connectivity index (χ3n) is 2.87. The van der Waals surface area contributed by atoms with Gasteiger partial charge in [-0.1, -0.05) is 44.2 Å². The second kappa shape index (κ2) is 6.63. The molecule has 3 N–H and O–H groups in total. The van der Waals surface area contributed by atoms with Gasteiger partial charge in [0.15, 0.2) is 5.13 Å². The topological polar surface area (TPSA) is 68.0 Å². The smallest absolute Gasteiger partial charge is 0.243 e. The minimum absolute atomic E-state index is 0.173. The largest absolute Gasteiger partial charge is 0.320 e. The number of hydrogen-bond acceptors (Lipinski definition) is 4. The summed E-state index contributed by atoms with van der Waals surface area (Å²) in [4.78, 5) is 16.3. The van der Waals surface area contributed by atoms with Gasteiger partial charge in [0, 0.05) is 10.9 Å². The molecule has 2 aromatic rings. The second-order valence-corrected chi connectivity index (χ2v) is 5.99. The molecular formula is C15H19N3OS. The predicted octanol–water partition coefficient (Wildman–Crippen LogP) is 3.12. The van der Waals surface area contributed by atoms with Crippen molar-refractivity contribution in [3.8, 4) is 11.3 Å². The number of nitrogens with zero attached hydrogens (tertiary/aromatic N) is 1. The summed E-state index contributed by atoms with van der Waals surface area (Å²) >= 11 is 1.41. The van der Waals surface area contributed by atoms with Crippen LogP contribution in [0.1, 0.15) is 20.3 Å². The van der Waals surface area contributed by atoms with Crippen LogP contribution in [0.25, 0.3) is 11.3 Å². The van der Waals surface area contributed by atoms with Crippen molar-refractivity contribution >= 4 is 22.4 Å². The Hall–Kier alpha value is -1.72. The van der Waals surface area contributed by atoms with Gasteiger partial charge < -0.3 is 11.1 Å². The summed E-state index contributed by atoms with van der Waals surface area (Å²) in [6, 6.07) is 9.38. The normalized spacial score (nSPS) is 12.4. The van der Waals surface area contributed by atoms with Gasteiger partial charge in [0.1, 0.15) is 0 Å². The number of carbonyl (C=O) groups is 1. The van der Waals surface area contributed by atoms with Crippen LogP contribution in [0.4, 0.5) is 5.13 Å². The lowest BCUT2D eigenvalue weighted by atomic mass is 10.0. The van der Waals surface area contributed by atoms with E-state index in [1.807, 2.05) is 49.6 Å². The number of thiazole rings is 1. The fraction of sp³-hybridized carbons (Fsp3) is 0.333. The quantitative estimate of drug-likeness (QED) is 0.888. The first-order valence-corrected chi connectivity index (χ1v) is 7.51. The standard InChI is InChI=1S/C15H19N3OS/c1-10(2)8-12(16)14(19)18-15-17-13(9-20-15)11-6-4-3-5-7-11/h3-7,9-10,12H,8,16H2,1-2H3,(H,17,18,19)/t12-/m0/s1. The highest BCUT2D eigenvalue weighted by atomic mass is 32.1. The number of benzene rings is 1. The SMILES string of the molecule is CC(C)C[C@H](N)C(=O)Nc1nc(-c2ccccc2)cs1. The molecule has 1 aromatic carbocycles. The number of nitrogens with two attached hydrogens (primary N) is 1. The van der Waals surface area contributed by atoms with Gasteiger partial charge in [-0.2, -0.15) is 0 Å². The van der Waals surface area contributed by atoms with Gasteiger partial charge in [-0.05, 0) is 12.3 Å². The molecule has 1 amide bonds. The van der Waals surface area contributed by atoms with Crippen LogP contribution in [0.5, 0.6) is 0 Å². The number of amides is 1. The summed E-state index contributed by atoms with van der Waals surface area (Å²) in [5.41, 5.74) is 7.75. The van der Waals surface area contributed by atoms with Crippen LogP contribution in [0.3, 0.4) is 0 Å². The van der Waals surface area contributed by atoms with Crippen LogP contribution in [0, 0.1) is 5.92 Å². The summed E-state index contributed by atoms with van der Waals surface area (Å²) in [5, 5.41) is 5.30. The minimum atomic E-state index is -0.487. The van der Waals surface area contributed by atoms with Crippen LogP contribution in [-0.4, -0.2) is 16.9 Å².